The van der Waals surface area contributed by atoms with Crippen LogP contribution in [0.2, 0.25) is 0 Å². The molecule has 1 unspecified atom stereocenters. The maximum Gasteiger partial charge on any atom is 0.139 e. The summed E-state index contributed by atoms with van der Waals surface area (Å²) in [6.07, 6.45) is 3.26. The molecule has 0 amide bonds. The largest absolute Gasteiger partial charge is 0.299 e. The maximum atomic E-state index is 13.0. The number of carbonyl (C=O) groups is 1. The molecule has 4 fully saturated rings. The Morgan fingerprint density at radius 2 is 1.87 bits per heavy atom. The average Bonchev–Trinajstić information content (AvgIpc) is 2.69. The maximum absolute atomic E-state index is 13.0. The number of benzene rings is 1. The molecule has 0 heterocycles. The van der Waals surface area contributed by atoms with E-state index in [1.54, 1.807) is 0 Å². The van der Waals surface area contributed by atoms with Gasteiger partial charge >= 0.3 is 0 Å². The van der Waals surface area contributed by atoms with E-state index in [2.05, 4.69) is 58.9 Å². The van der Waals surface area contributed by atoms with Crippen molar-refractivity contribution in [3.63, 3.8) is 0 Å². The zero-order valence-corrected chi connectivity index (χ0v) is 15.2. The van der Waals surface area contributed by atoms with Gasteiger partial charge in [-0.3, -0.25) is 4.79 Å². The molecule has 124 valence electrons. The van der Waals surface area contributed by atoms with Crippen LogP contribution < -0.4 is 0 Å². The Bertz CT molecular complexity index is 660. The Hall–Kier alpha value is -1.11. The van der Waals surface area contributed by atoms with Gasteiger partial charge in [0.15, 0.2) is 0 Å². The van der Waals surface area contributed by atoms with Crippen LogP contribution in [0.1, 0.15) is 64.0 Å². The predicted molar refractivity (Wildman–Crippen MR) is 94.3 cm³/mol. The van der Waals surface area contributed by atoms with Gasteiger partial charge in [0.1, 0.15) is 5.78 Å². The van der Waals surface area contributed by atoms with Crippen LogP contribution in [0, 0.1) is 41.4 Å². The second-order valence-electron chi connectivity index (χ2n) is 9.51. The van der Waals surface area contributed by atoms with E-state index in [0.717, 1.165) is 18.8 Å². The SMILES string of the molecule is Cc1ccccc1[C@H]1[C@H]2C3CC(=O)[C@]1(C)C[C@@]3(C)C[C@@H]2C(C)C. The fourth-order valence-corrected chi connectivity index (χ4v) is 6.90. The van der Waals surface area contributed by atoms with Crippen LogP contribution in [0.15, 0.2) is 24.3 Å². The number of carbonyl (C=O) groups excluding carboxylic acids is 1. The first kappa shape index (κ1) is 15.4. The van der Waals surface area contributed by atoms with Crippen molar-refractivity contribution < 1.29 is 4.79 Å². The molecule has 23 heavy (non-hydrogen) atoms. The van der Waals surface area contributed by atoms with Crippen LogP contribution in [-0.4, -0.2) is 5.78 Å². The highest BCUT2D eigenvalue weighted by Gasteiger charge is 2.69. The van der Waals surface area contributed by atoms with Crippen molar-refractivity contribution in [2.24, 2.45) is 34.5 Å². The molecule has 4 saturated carbocycles. The molecule has 1 heteroatoms. The first-order valence-electron chi connectivity index (χ1n) is 9.37. The smallest absolute Gasteiger partial charge is 0.139 e. The molecule has 1 nitrogen and oxygen atoms in total. The van der Waals surface area contributed by atoms with Gasteiger partial charge in [-0.15, -0.1) is 0 Å². The Morgan fingerprint density at radius 3 is 2.52 bits per heavy atom. The summed E-state index contributed by atoms with van der Waals surface area (Å²) in [6.45, 7) is 11.8. The minimum atomic E-state index is -0.149. The Balaban J connectivity index is 1.90. The summed E-state index contributed by atoms with van der Waals surface area (Å²) in [5, 5.41) is 0. The third-order valence-electron chi connectivity index (χ3n) is 7.82. The van der Waals surface area contributed by atoms with E-state index < -0.39 is 0 Å². The van der Waals surface area contributed by atoms with E-state index in [4.69, 9.17) is 0 Å². The molecule has 5 rings (SSSR count). The van der Waals surface area contributed by atoms with Crippen molar-refractivity contribution in [2.45, 2.75) is 59.8 Å². The molecule has 0 saturated heterocycles. The monoisotopic (exact) mass is 310 g/mol. The lowest BCUT2D eigenvalue weighted by atomic mass is 9.44. The Morgan fingerprint density at radius 1 is 1.17 bits per heavy atom. The molecule has 0 aliphatic heterocycles. The first-order chi connectivity index (χ1) is 10.8. The lowest BCUT2D eigenvalue weighted by Crippen LogP contribution is -2.56. The highest BCUT2D eigenvalue weighted by Crippen LogP contribution is 2.73. The van der Waals surface area contributed by atoms with Crippen molar-refractivity contribution in [3.05, 3.63) is 35.4 Å². The summed E-state index contributed by atoms with van der Waals surface area (Å²) in [5.74, 6) is 3.74. The van der Waals surface area contributed by atoms with Gasteiger partial charge < -0.3 is 0 Å². The molecule has 0 N–H and O–H groups in total. The highest BCUT2D eigenvalue weighted by molar-refractivity contribution is 5.88. The van der Waals surface area contributed by atoms with Crippen LogP contribution in [-0.2, 0) is 4.79 Å². The molecule has 0 radical (unpaired) electrons. The van der Waals surface area contributed by atoms with E-state index >= 15 is 0 Å². The summed E-state index contributed by atoms with van der Waals surface area (Å²) in [4.78, 5) is 13.0. The van der Waals surface area contributed by atoms with Gasteiger partial charge in [-0.1, -0.05) is 52.0 Å². The summed E-state index contributed by atoms with van der Waals surface area (Å²) >= 11 is 0. The van der Waals surface area contributed by atoms with Gasteiger partial charge in [-0.2, -0.15) is 0 Å². The molecule has 0 aromatic heterocycles. The lowest BCUT2D eigenvalue weighted by molar-refractivity contribution is -0.151. The summed E-state index contributed by atoms with van der Waals surface area (Å²) in [5.41, 5.74) is 3.06. The highest BCUT2D eigenvalue weighted by atomic mass is 16.1. The van der Waals surface area contributed by atoms with Crippen molar-refractivity contribution in [3.8, 4) is 0 Å². The van der Waals surface area contributed by atoms with E-state index in [-0.39, 0.29) is 5.41 Å². The summed E-state index contributed by atoms with van der Waals surface area (Å²) in [6, 6.07) is 8.82. The van der Waals surface area contributed by atoms with E-state index in [0.29, 0.717) is 34.9 Å². The molecule has 1 aromatic carbocycles. The fourth-order valence-electron chi connectivity index (χ4n) is 6.90. The Kier molecular flexibility index (Phi) is 3.16. The molecular formula is C22H30O. The number of Topliss-reactive ketones (excluding diaryl/α,β-unsaturated/α-hetero) is 1. The topological polar surface area (TPSA) is 17.1 Å². The molecule has 4 aliphatic carbocycles. The zero-order chi connectivity index (χ0) is 16.6. The van der Waals surface area contributed by atoms with E-state index in [1.807, 2.05) is 0 Å². The van der Waals surface area contributed by atoms with Crippen LogP contribution in [0.25, 0.3) is 0 Å². The second kappa shape index (κ2) is 4.71. The number of hydrogen-bond donors (Lipinski definition) is 0. The van der Waals surface area contributed by atoms with Crippen molar-refractivity contribution in [1.29, 1.82) is 0 Å². The van der Waals surface area contributed by atoms with Gasteiger partial charge in [0.2, 0.25) is 0 Å². The first-order valence-corrected chi connectivity index (χ1v) is 9.37. The minimum Gasteiger partial charge on any atom is -0.299 e. The van der Waals surface area contributed by atoms with Gasteiger partial charge in [0.05, 0.1) is 0 Å². The van der Waals surface area contributed by atoms with E-state index in [1.165, 1.54) is 17.5 Å². The van der Waals surface area contributed by atoms with E-state index in [9.17, 15) is 4.79 Å². The van der Waals surface area contributed by atoms with Gasteiger partial charge in [-0.05, 0) is 65.9 Å². The van der Waals surface area contributed by atoms with Crippen LogP contribution in [0.3, 0.4) is 0 Å². The number of ketones is 1. The molecule has 4 bridgehead atoms. The number of fused-ring (bicyclic) bond motifs is 1. The lowest BCUT2D eigenvalue weighted by Gasteiger charge is -2.58. The molecule has 6 atom stereocenters. The van der Waals surface area contributed by atoms with Crippen molar-refractivity contribution >= 4 is 5.78 Å². The molecule has 1 aromatic rings. The van der Waals surface area contributed by atoms with Crippen molar-refractivity contribution in [2.75, 3.05) is 0 Å². The minimum absolute atomic E-state index is 0.149. The average molecular weight is 310 g/mol. The van der Waals surface area contributed by atoms with Gasteiger partial charge in [-0.25, -0.2) is 0 Å². The van der Waals surface area contributed by atoms with Crippen molar-refractivity contribution in [1.82, 2.24) is 0 Å². The standard InChI is InChI=1S/C22H30O/c1-13(2)16-11-21(4)12-22(5)18(23)10-17(21)19(16)20(22)15-9-7-6-8-14(15)3/h6-9,13,16-17,19-20H,10-12H2,1-5H3/t16-,17?,19-,20+,21-,22+/m1/s1. The molecule has 4 aliphatic rings. The third kappa shape index (κ3) is 1.88. The molecule has 0 spiro atoms. The van der Waals surface area contributed by atoms with Gasteiger partial charge in [0, 0.05) is 11.8 Å². The predicted octanol–water partition coefficient (Wildman–Crippen LogP) is 5.38. The number of hydrogen-bond acceptors (Lipinski definition) is 1. The second-order valence-corrected chi connectivity index (χ2v) is 9.51. The fraction of sp³-hybridized carbons (Fsp3) is 0.682. The Labute approximate surface area is 140 Å². The quantitative estimate of drug-likeness (QED) is 0.717. The van der Waals surface area contributed by atoms with Crippen LogP contribution >= 0.6 is 0 Å². The van der Waals surface area contributed by atoms with Crippen LogP contribution in [0.4, 0.5) is 0 Å². The van der Waals surface area contributed by atoms with Gasteiger partial charge in [0.25, 0.3) is 0 Å². The van der Waals surface area contributed by atoms with Crippen LogP contribution in [0.5, 0.6) is 0 Å². The summed E-state index contributed by atoms with van der Waals surface area (Å²) in [7, 11) is 0. The normalized spacial score (nSPS) is 45.0. The number of aryl methyl sites for hydroxylation is 1. The summed E-state index contributed by atoms with van der Waals surface area (Å²) < 4.78 is 0. The zero-order valence-electron chi connectivity index (χ0n) is 15.2. The third-order valence-corrected chi connectivity index (χ3v) is 7.82. The number of rotatable bonds is 2. The molecular weight excluding hydrogens is 280 g/mol.